The van der Waals surface area contributed by atoms with E-state index in [0.29, 0.717) is 11.5 Å². The van der Waals surface area contributed by atoms with Gasteiger partial charge >= 0.3 is 0 Å². The Morgan fingerprint density at radius 1 is 1.26 bits per heavy atom. The minimum Gasteiger partial charge on any atom is -0.392 e. The van der Waals surface area contributed by atoms with Gasteiger partial charge in [0.05, 0.1) is 25.3 Å². The van der Waals surface area contributed by atoms with Crippen LogP contribution in [0.1, 0.15) is 5.56 Å². The molecule has 0 radical (unpaired) electrons. The van der Waals surface area contributed by atoms with Gasteiger partial charge < -0.3 is 10.0 Å². The maximum atomic E-state index is 9.11. The highest BCUT2D eigenvalue weighted by molar-refractivity contribution is 5.61. The fraction of sp³-hybridized carbons (Fsp3) is 0.214. The Balaban J connectivity index is 2.22. The van der Waals surface area contributed by atoms with Gasteiger partial charge in [0, 0.05) is 19.7 Å². The first-order chi connectivity index (χ1) is 9.19. The quantitative estimate of drug-likeness (QED) is 0.670. The van der Waals surface area contributed by atoms with Crippen LogP contribution in [0.3, 0.4) is 0 Å². The third kappa shape index (κ3) is 3.59. The van der Waals surface area contributed by atoms with Crippen molar-refractivity contribution in [1.82, 2.24) is 14.9 Å². The number of benzene rings is 1. The molecular weight excluding hydrogens is 240 g/mol. The maximum Gasteiger partial charge on any atom is 0.159 e. The normalized spacial score (nSPS) is 10.9. The van der Waals surface area contributed by atoms with Crippen molar-refractivity contribution in [3.05, 3.63) is 42.2 Å². The topological polar surface area (TPSA) is 61.6 Å². The standard InChI is InChI=1S/C14H16N4O/c1-18(2)10-17-13-7-15-14(16-8-13)12-5-3-4-11(6-12)9-19/h3-8,10,19H,9H2,1-2H3/b17-10+. The summed E-state index contributed by atoms with van der Waals surface area (Å²) in [5, 5.41) is 9.11. The van der Waals surface area contributed by atoms with Crippen LogP contribution in [0.5, 0.6) is 0 Å². The summed E-state index contributed by atoms with van der Waals surface area (Å²) in [5.41, 5.74) is 2.43. The Hall–Kier alpha value is -2.27. The second kappa shape index (κ2) is 6.06. The molecule has 5 heteroatoms. The zero-order valence-corrected chi connectivity index (χ0v) is 11.0. The Labute approximate surface area is 112 Å². The van der Waals surface area contributed by atoms with E-state index in [0.717, 1.165) is 11.1 Å². The molecule has 19 heavy (non-hydrogen) atoms. The van der Waals surface area contributed by atoms with Crippen LogP contribution < -0.4 is 0 Å². The number of aliphatic hydroxyl groups is 1. The largest absolute Gasteiger partial charge is 0.392 e. The van der Waals surface area contributed by atoms with E-state index in [4.69, 9.17) is 5.11 Å². The molecule has 0 aliphatic carbocycles. The molecule has 0 saturated carbocycles. The smallest absolute Gasteiger partial charge is 0.159 e. The molecule has 98 valence electrons. The SMILES string of the molecule is CN(C)/C=N/c1cnc(-c2cccc(CO)c2)nc1. The fourth-order valence-electron chi connectivity index (χ4n) is 1.53. The number of hydrogen-bond donors (Lipinski definition) is 1. The van der Waals surface area contributed by atoms with Crippen molar-refractivity contribution < 1.29 is 5.11 Å². The van der Waals surface area contributed by atoms with Crippen LogP contribution >= 0.6 is 0 Å². The lowest BCUT2D eigenvalue weighted by molar-refractivity contribution is 0.282. The average molecular weight is 256 g/mol. The predicted octanol–water partition coefficient (Wildman–Crippen LogP) is 1.86. The summed E-state index contributed by atoms with van der Waals surface area (Å²) in [4.78, 5) is 14.6. The molecule has 1 aromatic heterocycles. The summed E-state index contributed by atoms with van der Waals surface area (Å²) in [6.07, 6.45) is 5.05. The first-order valence-electron chi connectivity index (χ1n) is 5.92. The maximum absolute atomic E-state index is 9.11. The number of rotatable bonds is 4. The highest BCUT2D eigenvalue weighted by atomic mass is 16.3. The van der Waals surface area contributed by atoms with E-state index >= 15 is 0 Å². The summed E-state index contributed by atoms with van der Waals surface area (Å²) in [6.45, 7) is 0.0129. The van der Waals surface area contributed by atoms with Crippen LogP contribution in [0.4, 0.5) is 5.69 Å². The zero-order valence-electron chi connectivity index (χ0n) is 11.0. The molecule has 2 rings (SSSR count). The van der Waals surface area contributed by atoms with E-state index in [1.54, 1.807) is 18.7 Å². The van der Waals surface area contributed by atoms with Gasteiger partial charge in [-0.2, -0.15) is 0 Å². The number of aliphatic hydroxyl groups excluding tert-OH is 1. The highest BCUT2D eigenvalue weighted by Crippen LogP contribution is 2.18. The predicted molar refractivity (Wildman–Crippen MR) is 75.2 cm³/mol. The summed E-state index contributed by atoms with van der Waals surface area (Å²) in [6, 6.07) is 7.52. The monoisotopic (exact) mass is 256 g/mol. The molecule has 1 heterocycles. The molecule has 0 aliphatic heterocycles. The second-order valence-electron chi connectivity index (χ2n) is 4.33. The van der Waals surface area contributed by atoms with Crippen molar-refractivity contribution in [2.75, 3.05) is 14.1 Å². The van der Waals surface area contributed by atoms with Crippen molar-refractivity contribution >= 4 is 12.0 Å². The minimum absolute atomic E-state index is 0.0129. The zero-order chi connectivity index (χ0) is 13.7. The van der Waals surface area contributed by atoms with Crippen molar-refractivity contribution in [2.24, 2.45) is 4.99 Å². The summed E-state index contributed by atoms with van der Waals surface area (Å²) >= 11 is 0. The molecule has 1 N–H and O–H groups in total. The van der Waals surface area contributed by atoms with Gasteiger partial charge in [0.2, 0.25) is 0 Å². The lowest BCUT2D eigenvalue weighted by atomic mass is 10.1. The van der Waals surface area contributed by atoms with Gasteiger partial charge in [-0.25, -0.2) is 15.0 Å². The molecule has 1 aromatic carbocycles. The van der Waals surface area contributed by atoms with E-state index in [1.807, 2.05) is 43.3 Å². The van der Waals surface area contributed by atoms with Gasteiger partial charge in [0.25, 0.3) is 0 Å². The molecule has 0 fully saturated rings. The number of nitrogens with zero attached hydrogens (tertiary/aromatic N) is 4. The molecule has 0 saturated heterocycles. The van der Waals surface area contributed by atoms with Gasteiger partial charge in [-0.15, -0.1) is 0 Å². The van der Waals surface area contributed by atoms with Crippen LogP contribution in [0, 0.1) is 0 Å². The Morgan fingerprint density at radius 3 is 2.63 bits per heavy atom. The van der Waals surface area contributed by atoms with E-state index in [-0.39, 0.29) is 6.61 Å². The van der Waals surface area contributed by atoms with E-state index in [9.17, 15) is 0 Å². The van der Waals surface area contributed by atoms with Crippen LogP contribution in [0.25, 0.3) is 11.4 Å². The third-order valence-electron chi connectivity index (χ3n) is 2.44. The first kappa shape index (κ1) is 13.2. The summed E-state index contributed by atoms with van der Waals surface area (Å²) in [5.74, 6) is 0.624. The molecule has 0 bridgehead atoms. The van der Waals surface area contributed by atoms with Crippen LogP contribution in [-0.2, 0) is 6.61 Å². The van der Waals surface area contributed by atoms with E-state index in [1.165, 1.54) is 0 Å². The van der Waals surface area contributed by atoms with Crippen LogP contribution in [0.15, 0.2) is 41.7 Å². The van der Waals surface area contributed by atoms with Crippen molar-refractivity contribution in [3.63, 3.8) is 0 Å². The van der Waals surface area contributed by atoms with Crippen molar-refractivity contribution in [2.45, 2.75) is 6.61 Å². The summed E-state index contributed by atoms with van der Waals surface area (Å²) in [7, 11) is 3.80. The Kier molecular flexibility index (Phi) is 4.20. The number of hydrogen-bond acceptors (Lipinski definition) is 4. The van der Waals surface area contributed by atoms with Crippen molar-refractivity contribution in [1.29, 1.82) is 0 Å². The Bertz CT molecular complexity index is 564. The molecule has 0 spiro atoms. The average Bonchev–Trinajstić information content (AvgIpc) is 2.45. The first-order valence-corrected chi connectivity index (χ1v) is 5.92. The van der Waals surface area contributed by atoms with Crippen molar-refractivity contribution in [3.8, 4) is 11.4 Å². The van der Waals surface area contributed by atoms with Gasteiger partial charge in [0.1, 0.15) is 5.69 Å². The van der Waals surface area contributed by atoms with E-state index < -0.39 is 0 Å². The lowest BCUT2D eigenvalue weighted by Gasteiger charge is -2.04. The number of aliphatic imine (C=N–C) groups is 1. The molecule has 0 amide bonds. The van der Waals surface area contributed by atoms with Gasteiger partial charge in [-0.05, 0) is 11.6 Å². The second-order valence-corrected chi connectivity index (χ2v) is 4.33. The molecule has 0 aliphatic rings. The summed E-state index contributed by atoms with van der Waals surface area (Å²) < 4.78 is 0. The van der Waals surface area contributed by atoms with Crippen LogP contribution in [0.2, 0.25) is 0 Å². The van der Waals surface area contributed by atoms with Gasteiger partial charge in [-0.1, -0.05) is 18.2 Å². The number of aromatic nitrogens is 2. The lowest BCUT2D eigenvalue weighted by Crippen LogP contribution is -2.07. The third-order valence-corrected chi connectivity index (χ3v) is 2.44. The molecular formula is C14H16N4O. The Morgan fingerprint density at radius 2 is 2.00 bits per heavy atom. The molecule has 0 atom stereocenters. The molecule has 2 aromatic rings. The van der Waals surface area contributed by atoms with Crippen LogP contribution in [-0.4, -0.2) is 40.4 Å². The van der Waals surface area contributed by atoms with Gasteiger partial charge in [0.15, 0.2) is 5.82 Å². The van der Waals surface area contributed by atoms with Gasteiger partial charge in [-0.3, -0.25) is 0 Å². The highest BCUT2D eigenvalue weighted by Gasteiger charge is 2.02. The molecule has 5 nitrogen and oxygen atoms in total. The minimum atomic E-state index is 0.0129. The molecule has 0 unspecified atom stereocenters. The fourth-order valence-corrected chi connectivity index (χ4v) is 1.53. The van der Waals surface area contributed by atoms with E-state index in [2.05, 4.69) is 15.0 Å².